The topological polar surface area (TPSA) is 34.2 Å². The molecule has 0 aliphatic carbocycles. The molecule has 0 spiro atoms. The molecule has 0 atom stereocenters. The van der Waals surface area contributed by atoms with E-state index in [0.29, 0.717) is 5.71 Å². The highest BCUT2D eigenvalue weighted by atomic mass is 16.3. The van der Waals surface area contributed by atoms with E-state index < -0.39 is 0 Å². The average Bonchev–Trinajstić information content (AvgIpc) is 3.66. The van der Waals surface area contributed by atoms with Gasteiger partial charge in [-0.15, -0.1) is 0 Å². The number of aromatic nitrogens is 2. The van der Waals surface area contributed by atoms with Gasteiger partial charge in [0, 0.05) is 45.1 Å². The van der Waals surface area contributed by atoms with Crippen molar-refractivity contribution in [3.05, 3.63) is 164 Å². The van der Waals surface area contributed by atoms with Gasteiger partial charge in [0.25, 0.3) is 0 Å². The summed E-state index contributed by atoms with van der Waals surface area (Å²) in [5.41, 5.74) is 10.5. The van der Waals surface area contributed by atoms with Gasteiger partial charge in [0.1, 0.15) is 5.58 Å². The first-order chi connectivity index (χ1) is 22.3. The molecule has 4 nitrogen and oxygen atoms in total. The maximum absolute atomic E-state index is 6.07. The molecule has 3 heterocycles. The quantitative estimate of drug-likeness (QED) is 0.204. The number of rotatable bonds is 5. The Morgan fingerprint density at radius 1 is 0.511 bits per heavy atom. The van der Waals surface area contributed by atoms with Crippen LogP contribution in [0.2, 0.25) is 0 Å². The molecule has 0 aliphatic heterocycles. The van der Waals surface area contributed by atoms with Crippen molar-refractivity contribution < 1.29 is 4.42 Å². The normalized spacial score (nSPS) is 11.6. The van der Waals surface area contributed by atoms with Gasteiger partial charge in [-0.05, 0) is 77.9 Å². The van der Waals surface area contributed by atoms with Gasteiger partial charge in [0.2, 0.25) is 5.71 Å². The van der Waals surface area contributed by atoms with Crippen molar-refractivity contribution in [3.8, 4) is 16.8 Å². The molecular weight excluding hydrogens is 550 g/mol. The van der Waals surface area contributed by atoms with Gasteiger partial charge >= 0.3 is 0 Å². The van der Waals surface area contributed by atoms with E-state index in [1.165, 1.54) is 21.8 Å². The molecule has 0 saturated carbocycles. The van der Waals surface area contributed by atoms with Gasteiger partial charge in [-0.1, -0.05) is 91.0 Å². The lowest BCUT2D eigenvalue weighted by molar-refractivity contribution is 0.654. The van der Waals surface area contributed by atoms with Crippen molar-refractivity contribution in [2.45, 2.75) is 0 Å². The zero-order valence-corrected chi connectivity index (χ0v) is 24.3. The number of furan rings is 1. The second kappa shape index (κ2) is 10.2. The lowest BCUT2D eigenvalue weighted by Crippen LogP contribution is -2.10. The van der Waals surface area contributed by atoms with E-state index >= 15 is 0 Å². The van der Waals surface area contributed by atoms with Gasteiger partial charge in [0.15, 0.2) is 0 Å². The minimum absolute atomic E-state index is 0.658. The van der Waals surface area contributed by atoms with Crippen LogP contribution in [0, 0.1) is 0 Å². The third-order valence-electron chi connectivity index (χ3n) is 8.66. The van der Waals surface area contributed by atoms with E-state index in [0.717, 1.165) is 50.2 Å². The van der Waals surface area contributed by atoms with Crippen molar-refractivity contribution in [1.29, 1.82) is 0 Å². The van der Waals surface area contributed by atoms with Crippen LogP contribution in [0.1, 0.15) is 0 Å². The fourth-order valence-corrected chi connectivity index (χ4v) is 6.67. The molecule has 6 aromatic carbocycles. The van der Waals surface area contributed by atoms with Gasteiger partial charge < -0.3 is 13.9 Å². The molecule has 212 valence electrons. The second-order valence-electron chi connectivity index (χ2n) is 11.2. The van der Waals surface area contributed by atoms with Crippen LogP contribution in [0.5, 0.6) is 0 Å². The van der Waals surface area contributed by atoms with Crippen LogP contribution < -0.4 is 4.90 Å². The van der Waals surface area contributed by atoms with Crippen LogP contribution in [0.25, 0.3) is 60.7 Å². The number of nitrogens with zero attached hydrogens (tertiary/aromatic N) is 3. The van der Waals surface area contributed by atoms with E-state index in [2.05, 4.69) is 154 Å². The van der Waals surface area contributed by atoms with Gasteiger partial charge in [-0.3, -0.25) is 0 Å². The van der Waals surface area contributed by atoms with Gasteiger partial charge in [-0.2, -0.15) is 0 Å². The summed E-state index contributed by atoms with van der Waals surface area (Å²) in [4.78, 5) is 6.84. The highest BCUT2D eigenvalue weighted by molar-refractivity contribution is 6.11. The van der Waals surface area contributed by atoms with Crippen molar-refractivity contribution in [1.82, 2.24) is 9.55 Å². The molecule has 0 N–H and O–H groups in total. The molecule has 0 bridgehead atoms. The third kappa shape index (κ3) is 4.11. The predicted octanol–water partition coefficient (Wildman–Crippen LogP) is 11.2. The van der Waals surface area contributed by atoms with E-state index in [1.54, 1.807) is 0 Å². The average molecular weight is 578 g/mol. The first-order valence-electron chi connectivity index (χ1n) is 15.1. The smallest absolute Gasteiger partial charge is 0.227 e. The van der Waals surface area contributed by atoms with Crippen LogP contribution in [0.3, 0.4) is 0 Å². The number of pyridine rings is 1. The van der Waals surface area contributed by atoms with E-state index in [-0.39, 0.29) is 0 Å². The van der Waals surface area contributed by atoms with Crippen LogP contribution in [-0.4, -0.2) is 9.55 Å². The molecule has 4 heteroatoms. The molecule has 0 radical (unpaired) electrons. The Labute approximate surface area is 260 Å². The monoisotopic (exact) mass is 577 g/mol. The number of fused-ring (bicyclic) bond motifs is 6. The number of para-hydroxylation sites is 4. The number of anilines is 3. The highest BCUT2D eigenvalue weighted by Crippen LogP contribution is 2.40. The number of hydrogen-bond donors (Lipinski definition) is 0. The minimum Gasteiger partial charge on any atom is -0.438 e. The maximum Gasteiger partial charge on any atom is 0.227 e. The zero-order valence-electron chi connectivity index (χ0n) is 24.3. The van der Waals surface area contributed by atoms with E-state index in [9.17, 15) is 0 Å². The van der Waals surface area contributed by atoms with Crippen molar-refractivity contribution in [2.24, 2.45) is 0 Å². The molecule has 0 unspecified atom stereocenters. The Morgan fingerprint density at radius 2 is 1.13 bits per heavy atom. The Bertz CT molecular complexity index is 2440. The SMILES string of the molecule is c1ccc(N(c2ccc(-c3ccnc4oc5ccccc5c34)cc2)c2cccc(-n3c4ccccc4c4ccccc43)c2)cc1. The van der Waals surface area contributed by atoms with Crippen molar-refractivity contribution in [3.63, 3.8) is 0 Å². The Hall–Kier alpha value is -6.13. The largest absolute Gasteiger partial charge is 0.438 e. The summed E-state index contributed by atoms with van der Waals surface area (Å²) in [6.45, 7) is 0. The zero-order chi connectivity index (χ0) is 29.7. The summed E-state index contributed by atoms with van der Waals surface area (Å²) in [7, 11) is 0. The van der Waals surface area contributed by atoms with Crippen LogP contribution in [0.15, 0.2) is 168 Å². The van der Waals surface area contributed by atoms with E-state index in [4.69, 9.17) is 4.42 Å². The van der Waals surface area contributed by atoms with Gasteiger partial charge in [-0.25, -0.2) is 4.98 Å². The van der Waals surface area contributed by atoms with Crippen LogP contribution >= 0.6 is 0 Å². The minimum atomic E-state index is 0.658. The molecule has 9 aromatic rings. The molecule has 0 aliphatic rings. The number of benzene rings is 6. The second-order valence-corrected chi connectivity index (χ2v) is 11.2. The van der Waals surface area contributed by atoms with Crippen molar-refractivity contribution in [2.75, 3.05) is 4.90 Å². The molecule has 3 aromatic heterocycles. The lowest BCUT2D eigenvalue weighted by Gasteiger charge is -2.26. The first kappa shape index (κ1) is 25.4. The summed E-state index contributed by atoms with van der Waals surface area (Å²) in [6.07, 6.45) is 1.82. The molecular formula is C41H27N3O. The summed E-state index contributed by atoms with van der Waals surface area (Å²) in [6, 6.07) is 55.6. The Balaban J connectivity index is 1.18. The summed E-state index contributed by atoms with van der Waals surface area (Å²) in [5, 5.41) is 4.63. The van der Waals surface area contributed by atoms with E-state index in [1.807, 2.05) is 24.4 Å². The fraction of sp³-hybridized carbons (Fsp3) is 0. The van der Waals surface area contributed by atoms with Crippen LogP contribution in [0.4, 0.5) is 17.1 Å². The fourth-order valence-electron chi connectivity index (χ4n) is 6.67. The highest BCUT2D eigenvalue weighted by Gasteiger charge is 2.17. The lowest BCUT2D eigenvalue weighted by atomic mass is 10.0. The standard InChI is InChI=1S/C41H27N3O/c1-2-11-29(12-3-1)43(30-23-21-28(22-24-30)33-25-26-42-41-40(33)36-17-6-9-20-39(36)45-41)31-13-10-14-32(27-31)44-37-18-7-4-15-34(37)35-16-5-8-19-38(35)44/h1-27H. The molecule has 0 fully saturated rings. The molecule has 0 amide bonds. The van der Waals surface area contributed by atoms with Crippen LogP contribution in [-0.2, 0) is 0 Å². The predicted molar refractivity (Wildman–Crippen MR) is 186 cm³/mol. The Kier molecular flexibility index (Phi) is 5.78. The first-order valence-corrected chi connectivity index (χ1v) is 15.1. The molecule has 0 saturated heterocycles. The third-order valence-corrected chi connectivity index (χ3v) is 8.66. The summed E-state index contributed by atoms with van der Waals surface area (Å²) < 4.78 is 8.43. The number of hydrogen-bond acceptors (Lipinski definition) is 3. The van der Waals surface area contributed by atoms with Crippen molar-refractivity contribution >= 4 is 60.9 Å². The summed E-state index contributed by atoms with van der Waals surface area (Å²) in [5.74, 6) is 0. The maximum atomic E-state index is 6.07. The molecule has 45 heavy (non-hydrogen) atoms. The molecule has 9 rings (SSSR count). The Morgan fingerprint density at radius 3 is 1.89 bits per heavy atom. The van der Waals surface area contributed by atoms with Gasteiger partial charge in [0.05, 0.1) is 16.4 Å². The summed E-state index contributed by atoms with van der Waals surface area (Å²) >= 11 is 0.